The fraction of sp³-hybridized carbons (Fsp3) is 0.529. The minimum atomic E-state index is -0.602. The Morgan fingerprint density at radius 3 is 2.83 bits per heavy atom. The first-order valence-electron chi connectivity index (χ1n) is 8.16. The van der Waals surface area contributed by atoms with Crippen LogP contribution in [0.15, 0.2) is 28.8 Å². The van der Waals surface area contributed by atoms with Crippen LogP contribution < -0.4 is 0 Å². The number of β-amino-alcohol motifs (C(OH)–C–C–N with tert-alkyl or cyclic N) is 1. The van der Waals surface area contributed by atoms with Crippen molar-refractivity contribution < 1.29 is 14.0 Å². The highest BCUT2D eigenvalue weighted by atomic mass is 19.1. The summed E-state index contributed by atoms with van der Waals surface area (Å²) in [5.74, 6) is 0.985. The van der Waals surface area contributed by atoms with E-state index in [0.717, 1.165) is 25.1 Å². The molecule has 2 atom stereocenters. The van der Waals surface area contributed by atoms with E-state index in [4.69, 9.17) is 4.52 Å². The highest BCUT2D eigenvalue weighted by Gasteiger charge is 2.27. The van der Waals surface area contributed by atoms with E-state index in [2.05, 4.69) is 27.0 Å². The standard InChI is InChI=1S/C17H23FN4O2/c1-12-19-17(20-24-12)11-21(2)15-7-8-22(9-15)10-16(23)13-3-5-14(18)6-4-13/h3-6,15-16,23H,7-11H2,1-2H3/t15-,16+/m0/s1. The van der Waals surface area contributed by atoms with Gasteiger partial charge in [-0.15, -0.1) is 0 Å². The Bertz CT molecular complexity index is 661. The third-order valence-corrected chi connectivity index (χ3v) is 4.52. The number of benzene rings is 1. The second-order valence-corrected chi connectivity index (χ2v) is 6.41. The van der Waals surface area contributed by atoms with E-state index in [0.29, 0.717) is 30.8 Å². The lowest BCUT2D eigenvalue weighted by Crippen LogP contribution is -2.35. The highest BCUT2D eigenvalue weighted by Crippen LogP contribution is 2.20. The summed E-state index contributed by atoms with van der Waals surface area (Å²) >= 11 is 0. The molecule has 2 aromatic rings. The number of likely N-dealkylation sites (N-methyl/N-ethyl adjacent to an activating group) is 1. The predicted octanol–water partition coefficient (Wildman–Crippen LogP) is 1.76. The third-order valence-electron chi connectivity index (χ3n) is 4.52. The smallest absolute Gasteiger partial charge is 0.223 e. The summed E-state index contributed by atoms with van der Waals surface area (Å²) in [4.78, 5) is 8.68. The van der Waals surface area contributed by atoms with E-state index >= 15 is 0 Å². The molecule has 0 saturated carbocycles. The lowest BCUT2D eigenvalue weighted by Gasteiger charge is -2.24. The molecule has 1 fully saturated rings. The van der Waals surface area contributed by atoms with Gasteiger partial charge in [-0.2, -0.15) is 4.98 Å². The van der Waals surface area contributed by atoms with Gasteiger partial charge in [-0.25, -0.2) is 4.39 Å². The fourth-order valence-electron chi connectivity index (χ4n) is 3.13. The van der Waals surface area contributed by atoms with Gasteiger partial charge < -0.3 is 9.63 Å². The first-order chi connectivity index (χ1) is 11.5. The van der Waals surface area contributed by atoms with Gasteiger partial charge in [0.05, 0.1) is 12.6 Å². The van der Waals surface area contributed by atoms with Gasteiger partial charge in [-0.05, 0) is 37.7 Å². The molecular formula is C17H23FN4O2. The van der Waals surface area contributed by atoms with Gasteiger partial charge in [0.2, 0.25) is 5.89 Å². The number of aromatic nitrogens is 2. The monoisotopic (exact) mass is 334 g/mol. The van der Waals surface area contributed by atoms with Crippen LogP contribution in [0.3, 0.4) is 0 Å². The zero-order valence-corrected chi connectivity index (χ0v) is 14.0. The molecular weight excluding hydrogens is 311 g/mol. The van der Waals surface area contributed by atoms with Crippen molar-refractivity contribution in [1.82, 2.24) is 19.9 Å². The summed E-state index contributed by atoms with van der Waals surface area (Å²) in [6.07, 6.45) is 0.429. The van der Waals surface area contributed by atoms with E-state index in [9.17, 15) is 9.50 Å². The van der Waals surface area contributed by atoms with Crippen LogP contribution >= 0.6 is 0 Å². The summed E-state index contributed by atoms with van der Waals surface area (Å²) in [7, 11) is 2.05. The molecule has 1 aliphatic rings. The van der Waals surface area contributed by atoms with Gasteiger partial charge in [0.15, 0.2) is 5.82 Å². The predicted molar refractivity (Wildman–Crippen MR) is 86.7 cm³/mol. The van der Waals surface area contributed by atoms with E-state index in [1.807, 2.05) is 0 Å². The summed E-state index contributed by atoms with van der Waals surface area (Å²) in [6.45, 7) is 4.79. The van der Waals surface area contributed by atoms with Crippen molar-refractivity contribution >= 4 is 0 Å². The number of aliphatic hydroxyl groups excluding tert-OH is 1. The van der Waals surface area contributed by atoms with Crippen molar-refractivity contribution in [3.05, 3.63) is 47.4 Å². The van der Waals surface area contributed by atoms with Gasteiger partial charge >= 0.3 is 0 Å². The average molecular weight is 334 g/mol. The number of aryl methyl sites for hydroxylation is 1. The third kappa shape index (κ3) is 4.17. The first-order valence-corrected chi connectivity index (χ1v) is 8.16. The number of nitrogens with zero attached hydrogens (tertiary/aromatic N) is 4. The van der Waals surface area contributed by atoms with Crippen LogP contribution in [0.2, 0.25) is 0 Å². The van der Waals surface area contributed by atoms with Crippen LogP contribution in [0.5, 0.6) is 0 Å². The minimum Gasteiger partial charge on any atom is -0.387 e. The second kappa shape index (κ2) is 7.38. The van der Waals surface area contributed by atoms with Crippen LogP contribution in [0, 0.1) is 12.7 Å². The molecule has 130 valence electrons. The summed E-state index contributed by atoms with van der Waals surface area (Å²) in [5.41, 5.74) is 0.746. The van der Waals surface area contributed by atoms with Gasteiger partial charge in [0, 0.05) is 26.1 Å². The Balaban J connectivity index is 1.50. The molecule has 0 amide bonds. The molecule has 0 spiro atoms. The lowest BCUT2D eigenvalue weighted by atomic mass is 10.1. The Hall–Kier alpha value is -1.83. The molecule has 7 heteroatoms. The Kier molecular flexibility index (Phi) is 5.23. The normalized spacial score (nSPS) is 20.0. The first kappa shape index (κ1) is 17.0. The maximum absolute atomic E-state index is 13.0. The molecule has 1 aromatic carbocycles. The quantitative estimate of drug-likeness (QED) is 0.868. The van der Waals surface area contributed by atoms with Crippen LogP contribution in [-0.2, 0) is 6.54 Å². The van der Waals surface area contributed by atoms with E-state index in [-0.39, 0.29) is 5.82 Å². The molecule has 0 bridgehead atoms. The molecule has 1 aromatic heterocycles. The second-order valence-electron chi connectivity index (χ2n) is 6.41. The zero-order valence-electron chi connectivity index (χ0n) is 14.0. The van der Waals surface area contributed by atoms with Gasteiger partial charge in [-0.3, -0.25) is 9.80 Å². The number of aliphatic hydroxyl groups is 1. The molecule has 24 heavy (non-hydrogen) atoms. The number of hydrogen-bond acceptors (Lipinski definition) is 6. The molecule has 1 N–H and O–H groups in total. The molecule has 2 heterocycles. The molecule has 0 aliphatic carbocycles. The Morgan fingerprint density at radius 1 is 1.42 bits per heavy atom. The van der Waals surface area contributed by atoms with E-state index < -0.39 is 6.10 Å². The summed E-state index contributed by atoms with van der Waals surface area (Å²) < 4.78 is 18.0. The SMILES string of the molecule is Cc1nc(CN(C)[C@H]2CCN(C[C@@H](O)c3ccc(F)cc3)C2)no1. The van der Waals surface area contributed by atoms with E-state index in [1.165, 1.54) is 12.1 Å². The Morgan fingerprint density at radius 2 is 2.17 bits per heavy atom. The zero-order chi connectivity index (χ0) is 17.1. The van der Waals surface area contributed by atoms with Gasteiger partial charge in [0.25, 0.3) is 0 Å². The van der Waals surface area contributed by atoms with Crippen LogP contribution in [0.25, 0.3) is 0 Å². The fourth-order valence-corrected chi connectivity index (χ4v) is 3.13. The molecule has 3 rings (SSSR count). The average Bonchev–Trinajstić information content (AvgIpc) is 3.17. The van der Waals surface area contributed by atoms with Crippen molar-refractivity contribution in [2.24, 2.45) is 0 Å². The minimum absolute atomic E-state index is 0.287. The molecule has 1 saturated heterocycles. The molecule has 6 nitrogen and oxygen atoms in total. The van der Waals surface area contributed by atoms with Crippen LogP contribution in [0.1, 0.15) is 29.8 Å². The molecule has 1 aliphatic heterocycles. The van der Waals surface area contributed by atoms with E-state index in [1.54, 1.807) is 19.1 Å². The van der Waals surface area contributed by atoms with Gasteiger partial charge in [0.1, 0.15) is 5.82 Å². The maximum Gasteiger partial charge on any atom is 0.223 e. The summed E-state index contributed by atoms with van der Waals surface area (Å²) in [6, 6.07) is 6.43. The highest BCUT2D eigenvalue weighted by molar-refractivity contribution is 5.18. The maximum atomic E-state index is 13.0. The summed E-state index contributed by atoms with van der Waals surface area (Å²) in [5, 5.41) is 14.3. The van der Waals surface area contributed by atoms with Crippen molar-refractivity contribution in [3.8, 4) is 0 Å². The number of likely N-dealkylation sites (tertiary alicyclic amines) is 1. The van der Waals surface area contributed by atoms with Crippen molar-refractivity contribution in [3.63, 3.8) is 0 Å². The Labute approximate surface area is 140 Å². The van der Waals surface area contributed by atoms with Gasteiger partial charge in [-0.1, -0.05) is 17.3 Å². The van der Waals surface area contributed by atoms with Crippen LogP contribution in [0.4, 0.5) is 4.39 Å². The topological polar surface area (TPSA) is 65.6 Å². The van der Waals surface area contributed by atoms with Crippen molar-refractivity contribution in [1.29, 1.82) is 0 Å². The molecule has 0 unspecified atom stereocenters. The lowest BCUT2D eigenvalue weighted by molar-refractivity contribution is 0.120. The van der Waals surface area contributed by atoms with Crippen LogP contribution in [-0.4, -0.2) is 57.8 Å². The largest absolute Gasteiger partial charge is 0.387 e. The van der Waals surface area contributed by atoms with Crippen molar-refractivity contribution in [2.45, 2.75) is 32.0 Å². The van der Waals surface area contributed by atoms with Crippen molar-refractivity contribution in [2.75, 3.05) is 26.7 Å². The molecule has 0 radical (unpaired) electrons. The number of halogens is 1. The number of hydrogen-bond donors (Lipinski definition) is 1. The number of rotatable bonds is 6.